The van der Waals surface area contributed by atoms with E-state index in [1.165, 1.54) is 5.56 Å². The molecule has 0 spiro atoms. The predicted octanol–water partition coefficient (Wildman–Crippen LogP) is 5.98. The van der Waals surface area contributed by atoms with E-state index >= 15 is 0 Å². The molecule has 2 atom stereocenters. The molecule has 5 rings (SSSR count). The number of anilines is 2. The van der Waals surface area contributed by atoms with E-state index in [1.54, 1.807) is 11.3 Å². The lowest BCUT2D eigenvalue weighted by molar-refractivity contribution is 0.229. The third kappa shape index (κ3) is 4.63. The molecule has 1 aliphatic rings. The lowest BCUT2D eigenvalue weighted by Crippen LogP contribution is -2.29. The van der Waals surface area contributed by atoms with Gasteiger partial charge in [0.2, 0.25) is 5.95 Å². The molecule has 0 bridgehead atoms. The normalized spacial score (nSPS) is 18.4. The summed E-state index contributed by atoms with van der Waals surface area (Å²) in [4.78, 5) is 14.7. The molecule has 0 unspecified atom stereocenters. The van der Waals surface area contributed by atoms with Crippen LogP contribution in [0.3, 0.4) is 0 Å². The summed E-state index contributed by atoms with van der Waals surface area (Å²) in [7, 11) is 0. The van der Waals surface area contributed by atoms with Crippen molar-refractivity contribution in [2.45, 2.75) is 51.6 Å². The van der Waals surface area contributed by atoms with Gasteiger partial charge in [0.15, 0.2) is 0 Å². The standard InChI is InChI=1S/C27H31N5OS/c1-17-23(25-30-21-11-7-8-12-22(21)34-25)24(29-20-14-13-18(15-20)16-33)31-26(28-17)32-27(2,3)19-9-5-4-6-10-19/h4-12,18,20,33H,13-16H2,1-3H3,(H2,28,29,31,32)/t18-,20+/m1/s1. The molecule has 1 saturated carbocycles. The van der Waals surface area contributed by atoms with Crippen molar-refractivity contribution in [2.75, 3.05) is 17.2 Å². The summed E-state index contributed by atoms with van der Waals surface area (Å²) < 4.78 is 1.15. The highest BCUT2D eigenvalue weighted by atomic mass is 32.1. The van der Waals surface area contributed by atoms with Crippen molar-refractivity contribution >= 4 is 33.3 Å². The second-order valence-electron chi connectivity index (χ2n) is 9.66. The number of fused-ring (bicyclic) bond motifs is 1. The predicted molar refractivity (Wildman–Crippen MR) is 140 cm³/mol. The number of nitrogens with zero attached hydrogens (tertiary/aromatic N) is 3. The van der Waals surface area contributed by atoms with E-state index < -0.39 is 0 Å². The summed E-state index contributed by atoms with van der Waals surface area (Å²) in [6.07, 6.45) is 2.99. The van der Waals surface area contributed by atoms with Gasteiger partial charge < -0.3 is 15.7 Å². The summed E-state index contributed by atoms with van der Waals surface area (Å²) in [5.74, 6) is 1.75. The average molecular weight is 474 g/mol. The number of aromatic nitrogens is 3. The molecule has 3 N–H and O–H groups in total. The van der Waals surface area contributed by atoms with Crippen molar-refractivity contribution in [3.63, 3.8) is 0 Å². The molecule has 4 aromatic rings. The Hall–Kier alpha value is -3.03. The first-order valence-corrected chi connectivity index (χ1v) is 12.7. The average Bonchev–Trinajstić information content (AvgIpc) is 3.45. The highest BCUT2D eigenvalue weighted by molar-refractivity contribution is 7.21. The second kappa shape index (κ2) is 9.31. The quantitative estimate of drug-likeness (QED) is 0.306. The van der Waals surface area contributed by atoms with Crippen LogP contribution < -0.4 is 10.6 Å². The van der Waals surface area contributed by atoms with Crippen LogP contribution in [-0.4, -0.2) is 32.7 Å². The van der Waals surface area contributed by atoms with Crippen molar-refractivity contribution in [2.24, 2.45) is 5.92 Å². The molecule has 0 amide bonds. The Labute approximate surface area is 204 Å². The zero-order valence-corrected chi connectivity index (χ0v) is 20.7. The molecule has 1 fully saturated rings. The first kappa shape index (κ1) is 22.7. The van der Waals surface area contributed by atoms with Gasteiger partial charge in [-0.2, -0.15) is 4.98 Å². The highest BCUT2D eigenvalue weighted by Crippen LogP contribution is 2.38. The van der Waals surface area contributed by atoms with Gasteiger partial charge in [-0.1, -0.05) is 42.5 Å². The van der Waals surface area contributed by atoms with Crippen LogP contribution in [0, 0.1) is 12.8 Å². The van der Waals surface area contributed by atoms with Gasteiger partial charge in [-0.3, -0.25) is 0 Å². The Kier molecular flexibility index (Phi) is 6.23. The molecule has 2 heterocycles. The smallest absolute Gasteiger partial charge is 0.225 e. The zero-order chi connectivity index (χ0) is 23.7. The van der Waals surface area contributed by atoms with Gasteiger partial charge in [-0.15, -0.1) is 11.3 Å². The van der Waals surface area contributed by atoms with Crippen molar-refractivity contribution in [3.8, 4) is 10.6 Å². The van der Waals surface area contributed by atoms with Gasteiger partial charge in [-0.25, -0.2) is 9.97 Å². The lowest BCUT2D eigenvalue weighted by atomic mass is 9.94. The number of hydrogen-bond donors (Lipinski definition) is 3. The Balaban J connectivity index is 1.54. The van der Waals surface area contributed by atoms with E-state index in [0.717, 1.165) is 51.6 Å². The maximum absolute atomic E-state index is 9.62. The van der Waals surface area contributed by atoms with E-state index in [9.17, 15) is 5.11 Å². The van der Waals surface area contributed by atoms with Gasteiger partial charge in [-0.05, 0) is 63.6 Å². The molecule has 7 heteroatoms. The SMILES string of the molecule is Cc1nc(NC(C)(C)c2ccccc2)nc(N[C@H]2CC[C@@H](CO)C2)c1-c1nc2ccccc2s1. The number of hydrogen-bond acceptors (Lipinski definition) is 7. The molecule has 0 aliphatic heterocycles. The Morgan fingerprint density at radius 3 is 2.50 bits per heavy atom. The zero-order valence-electron chi connectivity index (χ0n) is 19.9. The van der Waals surface area contributed by atoms with Crippen LogP contribution in [0.25, 0.3) is 20.8 Å². The summed E-state index contributed by atoms with van der Waals surface area (Å²) in [6.45, 7) is 6.54. The van der Waals surface area contributed by atoms with Crippen LogP contribution in [0.5, 0.6) is 0 Å². The molecule has 1 aliphatic carbocycles. The van der Waals surface area contributed by atoms with E-state index in [0.29, 0.717) is 11.9 Å². The third-order valence-corrected chi connectivity index (χ3v) is 7.71. The number of nitrogens with one attached hydrogen (secondary N) is 2. The maximum Gasteiger partial charge on any atom is 0.225 e. The minimum absolute atomic E-state index is 0.240. The van der Waals surface area contributed by atoms with Crippen LogP contribution in [-0.2, 0) is 5.54 Å². The summed E-state index contributed by atoms with van der Waals surface area (Å²) in [5, 5.41) is 17.8. The number of thiazole rings is 1. The first-order valence-electron chi connectivity index (χ1n) is 11.9. The van der Waals surface area contributed by atoms with Crippen molar-refractivity contribution in [3.05, 3.63) is 65.9 Å². The van der Waals surface area contributed by atoms with E-state index in [-0.39, 0.29) is 18.2 Å². The third-order valence-electron chi connectivity index (χ3n) is 6.66. The maximum atomic E-state index is 9.62. The summed E-state index contributed by atoms with van der Waals surface area (Å²) >= 11 is 1.67. The van der Waals surface area contributed by atoms with Crippen molar-refractivity contribution in [1.29, 1.82) is 0 Å². The van der Waals surface area contributed by atoms with E-state index in [2.05, 4.69) is 42.7 Å². The van der Waals surface area contributed by atoms with Gasteiger partial charge in [0.25, 0.3) is 0 Å². The molecule has 2 aromatic heterocycles. The second-order valence-corrected chi connectivity index (χ2v) is 10.7. The van der Waals surface area contributed by atoms with Gasteiger partial charge >= 0.3 is 0 Å². The molecular weight excluding hydrogens is 442 g/mol. The molecule has 0 radical (unpaired) electrons. The summed E-state index contributed by atoms with van der Waals surface area (Å²) in [5.41, 5.74) is 3.66. The Morgan fingerprint density at radius 1 is 1.00 bits per heavy atom. The fourth-order valence-corrected chi connectivity index (χ4v) is 5.80. The number of para-hydroxylation sites is 1. The van der Waals surface area contributed by atoms with Gasteiger partial charge in [0, 0.05) is 12.6 Å². The Bertz CT molecular complexity index is 1250. The van der Waals surface area contributed by atoms with E-state index in [4.69, 9.17) is 15.0 Å². The molecular formula is C27H31N5OS. The monoisotopic (exact) mass is 473 g/mol. The molecule has 6 nitrogen and oxygen atoms in total. The van der Waals surface area contributed by atoms with Crippen LogP contribution in [0.4, 0.5) is 11.8 Å². The number of rotatable bonds is 7. The number of aryl methyl sites for hydroxylation is 1. The highest BCUT2D eigenvalue weighted by Gasteiger charge is 2.28. The molecule has 2 aromatic carbocycles. The first-order chi connectivity index (χ1) is 16.4. The summed E-state index contributed by atoms with van der Waals surface area (Å²) in [6, 6.07) is 18.8. The number of benzene rings is 2. The minimum Gasteiger partial charge on any atom is -0.396 e. The van der Waals surface area contributed by atoms with Gasteiger partial charge in [0.05, 0.1) is 27.0 Å². The van der Waals surface area contributed by atoms with Crippen molar-refractivity contribution < 1.29 is 5.11 Å². The van der Waals surface area contributed by atoms with Crippen LogP contribution in [0.15, 0.2) is 54.6 Å². The molecule has 176 valence electrons. The fourth-order valence-electron chi connectivity index (χ4n) is 4.74. The number of aliphatic hydroxyl groups is 1. The van der Waals surface area contributed by atoms with Crippen LogP contribution in [0.1, 0.15) is 44.4 Å². The molecule has 0 saturated heterocycles. The minimum atomic E-state index is -0.336. The van der Waals surface area contributed by atoms with Gasteiger partial charge in [0.1, 0.15) is 10.8 Å². The largest absolute Gasteiger partial charge is 0.396 e. The fraction of sp³-hybridized carbons (Fsp3) is 0.370. The molecule has 34 heavy (non-hydrogen) atoms. The number of aliphatic hydroxyl groups excluding tert-OH is 1. The van der Waals surface area contributed by atoms with Crippen LogP contribution in [0.2, 0.25) is 0 Å². The Morgan fingerprint density at radius 2 is 1.76 bits per heavy atom. The topological polar surface area (TPSA) is 83.0 Å². The van der Waals surface area contributed by atoms with Crippen molar-refractivity contribution in [1.82, 2.24) is 15.0 Å². The van der Waals surface area contributed by atoms with Crippen LogP contribution >= 0.6 is 11.3 Å². The van der Waals surface area contributed by atoms with E-state index in [1.807, 2.05) is 43.3 Å². The lowest BCUT2D eigenvalue weighted by Gasteiger charge is -2.28.